The monoisotopic (exact) mass is 235 g/mol. The molecule has 0 bridgehead atoms. The van der Waals surface area contributed by atoms with Crippen molar-refractivity contribution in [3.63, 3.8) is 0 Å². The lowest BCUT2D eigenvalue weighted by atomic mass is 10.1. The van der Waals surface area contributed by atoms with Gasteiger partial charge < -0.3 is 10.5 Å². The molecule has 1 aromatic carbocycles. The molecule has 0 aliphatic carbocycles. The first-order valence-electron chi connectivity index (χ1n) is 5.09. The lowest BCUT2D eigenvalue weighted by molar-refractivity contribution is 0.340. The first kappa shape index (κ1) is 11.0. The Kier molecular flexibility index (Phi) is 3.48. The fourth-order valence-electron chi connectivity index (χ4n) is 1.44. The summed E-state index contributed by atoms with van der Waals surface area (Å²) in [7, 11) is 0. The summed E-state index contributed by atoms with van der Waals surface area (Å²) in [5.74, 6) is 0.865. The van der Waals surface area contributed by atoms with Gasteiger partial charge in [0.2, 0.25) is 0 Å². The summed E-state index contributed by atoms with van der Waals surface area (Å²) in [6, 6.07) is 7.80. The molecule has 0 aliphatic rings. The van der Waals surface area contributed by atoms with Gasteiger partial charge >= 0.3 is 0 Å². The molecule has 0 aliphatic heterocycles. The van der Waals surface area contributed by atoms with Gasteiger partial charge in [-0.2, -0.15) is 0 Å². The second-order valence-electron chi connectivity index (χ2n) is 3.21. The number of nitrogens with two attached hydrogens (primary N) is 1. The smallest absolute Gasteiger partial charge is 0.119 e. The topological polar surface area (TPSA) is 61.0 Å². The van der Waals surface area contributed by atoms with Crippen LogP contribution < -0.4 is 10.5 Å². The maximum absolute atomic E-state index is 5.62. The number of rotatable bonds is 4. The summed E-state index contributed by atoms with van der Waals surface area (Å²) in [4.78, 5) is 1.00. The molecule has 0 spiro atoms. The van der Waals surface area contributed by atoms with E-state index in [0.29, 0.717) is 13.2 Å². The molecule has 1 heterocycles. The van der Waals surface area contributed by atoms with Gasteiger partial charge in [0.15, 0.2) is 0 Å². The highest BCUT2D eigenvalue weighted by Crippen LogP contribution is 2.25. The summed E-state index contributed by atoms with van der Waals surface area (Å²) in [6.45, 7) is 3.11. The average molecular weight is 235 g/mol. The zero-order chi connectivity index (χ0) is 11.4. The van der Waals surface area contributed by atoms with E-state index in [9.17, 15) is 0 Å². The third-order valence-corrected chi connectivity index (χ3v) is 2.92. The van der Waals surface area contributed by atoms with Crippen molar-refractivity contribution in [2.75, 3.05) is 6.61 Å². The van der Waals surface area contributed by atoms with Crippen molar-refractivity contribution in [1.29, 1.82) is 0 Å². The normalized spacial score (nSPS) is 10.4. The van der Waals surface area contributed by atoms with Crippen molar-refractivity contribution in [2.45, 2.75) is 13.5 Å². The number of hydrogen-bond acceptors (Lipinski definition) is 5. The summed E-state index contributed by atoms with van der Waals surface area (Å²) in [6.07, 6.45) is 0. The molecule has 0 radical (unpaired) electrons. The predicted molar refractivity (Wildman–Crippen MR) is 64.4 cm³/mol. The Morgan fingerprint density at radius 1 is 1.31 bits per heavy atom. The minimum absolute atomic E-state index is 0.472. The van der Waals surface area contributed by atoms with E-state index in [1.807, 2.05) is 31.2 Å². The second-order valence-corrected chi connectivity index (χ2v) is 4.04. The molecular formula is C11H13N3OS. The molecule has 5 heteroatoms. The Morgan fingerprint density at radius 2 is 2.06 bits per heavy atom. The quantitative estimate of drug-likeness (QED) is 0.881. The van der Waals surface area contributed by atoms with Gasteiger partial charge in [-0.25, -0.2) is 0 Å². The van der Waals surface area contributed by atoms with Crippen molar-refractivity contribution < 1.29 is 4.74 Å². The van der Waals surface area contributed by atoms with Crippen molar-refractivity contribution >= 4 is 11.5 Å². The van der Waals surface area contributed by atoms with E-state index in [1.54, 1.807) is 0 Å². The molecule has 2 rings (SSSR count). The molecule has 0 atom stereocenters. The Morgan fingerprint density at radius 3 is 2.69 bits per heavy atom. The van der Waals surface area contributed by atoms with Crippen LogP contribution in [0, 0.1) is 0 Å². The maximum atomic E-state index is 5.62. The molecule has 4 nitrogen and oxygen atoms in total. The zero-order valence-electron chi connectivity index (χ0n) is 9.01. The van der Waals surface area contributed by atoms with Crippen molar-refractivity contribution in [1.82, 2.24) is 9.59 Å². The molecule has 2 N–H and O–H groups in total. The Labute approximate surface area is 98.2 Å². The number of nitrogens with zero attached hydrogens (tertiary/aromatic N) is 2. The van der Waals surface area contributed by atoms with Crippen LogP contribution in [-0.2, 0) is 6.54 Å². The maximum Gasteiger partial charge on any atom is 0.119 e. The second kappa shape index (κ2) is 5.05. The summed E-state index contributed by atoms with van der Waals surface area (Å²) >= 11 is 1.34. The highest BCUT2D eigenvalue weighted by atomic mass is 32.1. The number of ether oxygens (including phenoxy) is 1. The largest absolute Gasteiger partial charge is 0.494 e. The molecule has 0 amide bonds. The van der Waals surface area contributed by atoms with Gasteiger partial charge in [-0.3, -0.25) is 0 Å². The van der Waals surface area contributed by atoms with Crippen LogP contribution in [-0.4, -0.2) is 16.2 Å². The van der Waals surface area contributed by atoms with Crippen LogP contribution in [0.4, 0.5) is 0 Å². The summed E-state index contributed by atoms with van der Waals surface area (Å²) < 4.78 is 9.29. The molecule has 0 fully saturated rings. The van der Waals surface area contributed by atoms with E-state index >= 15 is 0 Å². The molecule has 16 heavy (non-hydrogen) atoms. The van der Waals surface area contributed by atoms with E-state index < -0.39 is 0 Å². The van der Waals surface area contributed by atoms with Gasteiger partial charge in [0, 0.05) is 12.1 Å². The van der Waals surface area contributed by atoms with E-state index in [0.717, 1.165) is 21.9 Å². The van der Waals surface area contributed by atoms with Crippen LogP contribution in [0.15, 0.2) is 24.3 Å². The summed E-state index contributed by atoms with van der Waals surface area (Å²) in [5, 5.41) is 4.08. The molecular weight excluding hydrogens is 222 g/mol. The first-order valence-corrected chi connectivity index (χ1v) is 5.87. The van der Waals surface area contributed by atoms with Crippen LogP contribution >= 0.6 is 11.5 Å². The first-order chi connectivity index (χ1) is 7.85. The van der Waals surface area contributed by atoms with Crippen LogP contribution in [0.3, 0.4) is 0 Å². The highest BCUT2D eigenvalue weighted by Gasteiger charge is 2.08. The lowest BCUT2D eigenvalue weighted by Gasteiger charge is -2.03. The molecule has 0 saturated heterocycles. The van der Waals surface area contributed by atoms with Crippen molar-refractivity contribution in [2.24, 2.45) is 5.73 Å². The van der Waals surface area contributed by atoms with Crippen molar-refractivity contribution in [3.05, 3.63) is 29.1 Å². The van der Waals surface area contributed by atoms with E-state index in [4.69, 9.17) is 10.5 Å². The predicted octanol–water partition coefficient (Wildman–Crippen LogP) is 2.06. The molecule has 0 unspecified atom stereocenters. The summed E-state index contributed by atoms with van der Waals surface area (Å²) in [5.41, 5.74) is 7.51. The SMILES string of the molecule is CCOc1ccc(-c2nnsc2CN)cc1. The Hall–Kier alpha value is -1.46. The minimum atomic E-state index is 0.472. The highest BCUT2D eigenvalue weighted by molar-refractivity contribution is 7.05. The number of hydrogen-bond donors (Lipinski definition) is 1. The Bertz CT molecular complexity index is 453. The third kappa shape index (κ3) is 2.20. The average Bonchev–Trinajstić information content (AvgIpc) is 2.78. The lowest BCUT2D eigenvalue weighted by Crippen LogP contribution is -1.96. The molecule has 1 aromatic heterocycles. The Balaban J connectivity index is 2.27. The van der Waals surface area contributed by atoms with E-state index in [-0.39, 0.29) is 0 Å². The van der Waals surface area contributed by atoms with Gasteiger partial charge in [0.05, 0.1) is 11.5 Å². The fraction of sp³-hybridized carbons (Fsp3) is 0.273. The van der Waals surface area contributed by atoms with Gasteiger partial charge in [-0.05, 0) is 42.7 Å². The van der Waals surface area contributed by atoms with E-state index in [1.165, 1.54) is 11.5 Å². The molecule has 84 valence electrons. The van der Waals surface area contributed by atoms with Crippen LogP contribution in [0.5, 0.6) is 5.75 Å². The zero-order valence-corrected chi connectivity index (χ0v) is 9.83. The van der Waals surface area contributed by atoms with Gasteiger partial charge in [-0.15, -0.1) is 5.10 Å². The number of aromatic nitrogens is 2. The number of benzene rings is 1. The van der Waals surface area contributed by atoms with E-state index in [2.05, 4.69) is 9.59 Å². The third-order valence-electron chi connectivity index (χ3n) is 2.18. The van der Waals surface area contributed by atoms with Gasteiger partial charge in [-0.1, -0.05) is 4.49 Å². The fourth-order valence-corrected chi connectivity index (χ4v) is 1.98. The van der Waals surface area contributed by atoms with Gasteiger partial charge in [0.25, 0.3) is 0 Å². The molecule has 0 saturated carbocycles. The molecule has 2 aromatic rings. The minimum Gasteiger partial charge on any atom is -0.494 e. The van der Waals surface area contributed by atoms with Crippen LogP contribution in [0.25, 0.3) is 11.3 Å². The van der Waals surface area contributed by atoms with Crippen LogP contribution in [0.1, 0.15) is 11.8 Å². The van der Waals surface area contributed by atoms with Crippen molar-refractivity contribution in [3.8, 4) is 17.0 Å². The van der Waals surface area contributed by atoms with Gasteiger partial charge in [0.1, 0.15) is 11.4 Å². The standard InChI is InChI=1S/C11H13N3OS/c1-2-15-9-5-3-8(4-6-9)11-10(7-12)16-14-13-11/h3-6H,2,7,12H2,1H3. The van der Waals surface area contributed by atoms with Crippen LogP contribution in [0.2, 0.25) is 0 Å².